The van der Waals surface area contributed by atoms with Crippen LogP contribution >= 0.6 is 11.6 Å². The van der Waals surface area contributed by atoms with Crippen molar-refractivity contribution in [3.05, 3.63) is 51.8 Å². The van der Waals surface area contributed by atoms with Gasteiger partial charge in [0.1, 0.15) is 5.82 Å². The number of halogens is 1. The van der Waals surface area contributed by atoms with Crippen LogP contribution in [0.15, 0.2) is 41.2 Å². The molecule has 1 aromatic carbocycles. The molecule has 1 saturated heterocycles. The van der Waals surface area contributed by atoms with Gasteiger partial charge >= 0.3 is 0 Å². The van der Waals surface area contributed by atoms with Crippen LogP contribution in [0, 0.1) is 5.92 Å². The lowest BCUT2D eigenvalue weighted by Crippen LogP contribution is -2.46. The van der Waals surface area contributed by atoms with E-state index in [4.69, 9.17) is 11.6 Å². The minimum atomic E-state index is 0.104. The van der Waals surface area contributed by atoms with E-state index in [0.717, 1.165) is 41.6 Å². The lowest BCUT2D eigenvalue weighted by atomic mass is 9.93. The van der Waals surface area contributed by atoms with E-state index >= 15 is 0 Å². The lowest BCUT2D eigenvalue weighted by molar-refractivity contribution is 0.329. The molecule has 1 unspecified atom stereocenters. The van der Waals surface area contributed by atoms with Gasteiger partial charge < -0.3 is 4.90 Å². The van der Waals surface area contributed by atoms with E-state index < -0.39 is 0 Å². The Balaban J connectivity index is 1.94. The van der Waals surface area contributed by atoms with Gasteiger partial charge in [-0.25, -0.2) is 0 Å². The minimum Gasteiger partial charge on any atom is -0.357 e. The van der Waals surface area contributed by atoms with Crippen molar-refractivity contribution >= 4 is 17.4 Å². The van der Waals surface area contributed by atoms with Gasteiger partial charge in [-0.05, 0) is 42.5 Å². The number of hydrogen-bond donors (Lipinski definition) is 0. The van der Waals surface area contributed by atoms with Crippen LogP contribution < -0.4 is 10.5 Å². The Morgan fingerprint density at radius 2 is 2.05 bits per heavy atom. The first kappa shape index (κ1) is 13.0. The van der Waals surface area contributed by atoms with Gasteiger partial charge in [-0.15, -0.1) is 0 Å². The van der Waals surface area contributed by atoms with Crippen LogP contribution in [0.5, 0.6) is 0 Å². The third-order valence-electron chi connectivity index (χ3n) is 4.55. The average molecular weight is 301 g/mol. The molecule has 1 aromatic heterocycles. The first-order valence-electron chi connectivity index (χ1n) is 7.47. The summed E-state index contributed by atoms with van der Waals surface area (Å²) in [6, 6.07) is 11.5. The highest BCUT2D eigenvalue weighted by Gasteiger charge is 2.30. The summed E-state index contributed by atoms with van der Waals surface area (Å²) in [5.74, 6) is 1.68. The number of anilines is 1. The summed E-state index contributed by atoms with van der Waals surface area (Å²) >= 11 is 6.13. The van der Waals surface area contributed by atoms with Crippen molar-refractivity contribution in [2.75, 3.05) is 18.0 Å². The molecular weight excluding hydrogens is 284 g/mol. The van der Waals surface area contributed by atoms with Crippen molar-refractivity contribution in [2.45, 2.75) is 19.4 Å². The molecule has 1 atom stereocenters. The topological polar surface area (TPSA) is 25.2 Å². The zero-order valence-electron chi connectivity index (χ0n) is 11.8. The van der Waals surface area contributed by atoms with Crippen LogP contribution in [0.4, 0.5) is 5.82 Å². The predicted molar refractivity (Wildman–Crippen MR) is 86.1 cm³/mol. The van der Waals surface area contributed by atoms with Gasteiger partial charge in [0.2, 0.25) is 0 Å². The summed E-state index contributed by atoms with van der Waals surface area (Å²) in [5, 5.41) is 0.727. The summed E-state index contributed by atoms with van der Waals surface area (Å²) in [4.78, 5) is 14.6. The highest BCUT2D eigenvalue weighted by Crippen LogP contribution is 2.37. The van der Waals surface area contributed by atoms with E-state index in [1.807, 2.05) is 28.8 Å². The molecule has 1 fully saturated rings. The number of pyridine rings is 1. The number of aromatic nitrogens is 1. The number of nitrogens with zero attached hydrogens (tertiary/aromatic N) is 2. The van der Waals surface area contributed by atoms with Crippen LogP contribution in [0.2, 0.25) is 5.02 Å². The number of hydrogen-bond acceptors (Lipinski definition) is 2. The molecule has 0 saturated carbocycles. The Morgan fingerprint density at radius 3 is 2.90 bits per heavy atom. The van der Waals surface area contributed by atoms with E-state index in [9.17, 15) is 4.79 Å². The smallest absolute Gasteiger partial charge is 0.252 e. The summed E-state index contributed by atoms with van der Waals surface area (Å²) in [5.41, 5.74) is 2.29. The Morgan fingerprint density at radius 1 is 1.14 bits per heavy atom. The maximum atomic E-state index is 12.3. The quantitative estimate of drug-likeness (QED) is 0.806. The third kappa shape index (κ3) is 2.16. The summed E-state index contributed by atoms with van der Waals surface area (Å²) in [6.45, 7) is 2.95. The molecule has 0 radical (unpaired) electrons. The van der Waals surface area contributed by atoms with Crippen LogP contribution in [-0.4, -0.2) is 17.7 Å². The van der Waals surface area contributed by atoms with Gasteiger partial charge in [0, 0.05) is 36.3 Å². The summed E-state index contributed by atoms with van der Waals surface area (Å²) in [7, 11) is 0. The van der Waals surface area contributed by atoms with Crippen LogP contribution in [-0.2, 0) is 6.54 Å². The van der Waals surface area contributed by atoms with E-state index in [-0.39, 0.29) is 5.56 Å². The molecule has 0 spiro atoms. The molecule has 4 rings (SSSR count). The number of piperidine rings is 1. The lowest BCUT2D eigenvalue weighted by Gasteiger charge is -2.42. The second kappa shape index (κ2) is 4.92. The first-order chi connectivity index (χ1) is 10.2. The monoisotopic (exact) mass is 300 g/mol. The molecule has 2 aromatic rings. The fraction of sp³-hybridized carbons (Fsp3) is 0.353. The molecule has 0 aliphatic carbocycles. The largest absolute Gasteiger partial charge is 0.357 e. The zero-order valence-corrected chi connectivity index (χ0v) is 12.5. The third-order valence-corrected chi connectivity index (χ3v) is 4.79. The molecule has 3 nitrogen and oxygen atoms in total. The van der Waals surface area contributed by atoms with Gasteiger partial charge in [-0.3, -0.25) is 9.36 Å². The fourth-order valence-electron chi connectivity index (χ4n) is 3.63. The van der Waals surface area contributed by atoms with Crippen molar-refractivity contribution in [3.8, 4) is 11.1 Å². The molecule has 4 heteroatoms. The fourth-order valence-corrected chi connectivity index (χ4v) is 3.82. The van der Waals surface area contributed by atoms with Crippen LogP contribution in [0.1, 0.15) is 12.8 Å². The Bertz CT molecular complexity index is 753. The van der Waals surface area contributed by atoms with Crippen LogP contribution in [0.25, 0.3) is 11.1 Å². The molecular formula is C17H17ClN2O. The summed E-state index contributed by atoms with van der Waals surface area (Å²) < 4.78 is 1.95. The van der Waals surface area contributed by atoms with Gasteiger partial charge in [0.05, 0.1) is 0 Å². The Labute approximate surface area is 128 Å². The molecule has 3 heterocycles. The minimum absolute atomic E-state index is 0.104. The molecule has 2 aliphatic heterocycles. The average Bonchev–Trinajstić information content (AvgIpc) is 2.49. The normalized spacial score (nSPS) is 20.2. The van der Waals surface area contributed by atoms with Crippen molar-refractivity contribution in [3.63, 3.8) is 0 Å². The molecule has 2 aliphatic rings. The number of fused-ring (bicyclic) bond motifs is 4. The van der Waals surface area contributed by atoms with Gasteiger partial charge in [0.25, 0.3) is 5.56 Å². The Hall–Kier alpha value is -1.74. The molecule has 108 valence electrons. The van der Waals surface area contributed by atoms with Gasteiger partial charge in [-0.2, -0.15) is 0 Å². The Kier molecular flexibility index (Phi) is 3.03. The first-order valence-corrected chi connectivity index (χ1v) is 7.85. The molecule has 0 N–H and O–H groups in total. The molecule has 21 heavy (non-hydrogen) atoms. The summed E-state index contributed by atoms with van der Waals surface area (Å²) in [6.07, 6.45) is 2.44. The van der Waals surface area contributed by atoms with Crippen molar-refractivity contribution in [2.24, 2.45) is 5.92 Å². The van der Waals surface area contributed by atoms with Crippen molar-refractivity contribution < 1.29 is 0 Å². The van der Waals surface area contributed by atoms with Gasteiger partial charge in [-0.1, -0.05) is 23.7 Å². The number of benzene rings is 1. The van der Waals surface area contributed by atoms with E-state index in [0.29, 0.717) is 5.92 Å². The predicted octanol–water partition coefficient (Wildman–Crippen LogP) is 3.40. The second-order valence-corrected chi connectivity index (χ2v) is 6.42. The van der Waals surface area contributed by atoms with Gasteiger partial charge in [0.15, 0.2) is 0 Å². The van der Waals surface area contributed by atoms with Crippen molar-refractivity contribution in [1.82, 2.24) is 4.57 Å². The zero-order chi connectivity index (χ0) is 14.4. The maximum absolute atomic E-state index is 12.3. The molecule has 0 amide bonds. The highest BCUT2D eigenvalue weighted by atomic mass is 35.5. The number of rotatable bonds is 1. The van der Waals surface area contributed by atoms with Crippen LogP contribution in [0.3, 0.4) is 0 Å². The molecule has 2 bridgehead atoms. The van der Waals surface area contributed by atoms with E-state index in [1.54, 1.807) is 6.07 Å². The highest BCUT2D eigenvalue weighted by molar-refractivity contribution is 6.30. The second-order valence-electron chi connectivity index (χ2n) is 5.98. The van der Waals surface area contributed by atoms with Crippen molar-refractivity contribution in [1.29, 1.82) is 0 Å². The maximum Gasteiger partial charge on any atom is 0.252 e. The standard InChI is InChI=1S/C17H17ClN2O/c18-14-5-1-4-13(9-14)15-6-7-16(21)20-11-12-3-2-8-19(10-12)17(15)20/h1,4-7,9,12H,2-3,8,10-11H2. The van der Waals surface area contributed by atoms with E-state index in [2.05, 4.69) is 11.0 Å². The SMILES string of the molecule is O=c1ccc(-c2cccc(Cl)c2)c2n1CC1CCCN2C1. The van der Waals surface area contributed by atoms with E-state index in [1.165, 1.54) is 12.8 Å².